The van der Waals surface area contributed by atoms with Gasteiger partial charge in [-0.2, -0.15) is 11.8 Å². The van der Waals surface area contributed by atoms with E-state index in [1.807, 2.05) is 25.6 Å². The molecule has 0 spiro atoms. The lowest BCUT2D eigenvalue weighted by Crippen LogP contribution is -2.48. The SMILES string of the molecule is CCSC1CCCC1NC(C(=O)O)C(C)C. The number of rotatable bonds is 6. The minimum atomic E-state index is -0.720. The molecule has 0 aromatic rings. The largest absolute Gasteiger partial charge is 0.480 e. The van der Waals surface area contributed by atoms with Crippen LogP contribution in [0.1, 0.15) is 40.0 Å². The second-order valence-electron chi connectivity index (χ2n) is 4.76. The van der Waals surface area contributed by atoms with Crippen LogP contribution in [0.4, 0.5) is 0 Å². The molecule has 0 bridgehead atoms. The van der Waals surface area contributed by atoms with Crippen molar-refractivity contribution in [2.45, 2.75) is 57.4 Å². The quantitative estimate of drug-likeness (QED) is 0.754. The Morgan fingerprint density at radius 1 is 1.50 bits per heavy atom. The highest BCUT2D eigenvalue weighted by Crippen LogP contribution is 2.30. The first kappa shape index (κ1) is 13.8. The van der Waals surface area contributed by atoms with Gasteiger partial charge >= 0.3 is 5.97 Å². The fourth-order valence-corrected chi connectivity index (χ4v) is 3.52. The number of carbonyl (C=O) groups is 1. The fraction of sp³-hybridized carbons (Fsp3) is 0.917. The number of carboxylic acid groups (broad SMARTS) is 1. The first-order chi connectivity index (χ1) is 7.56. The number of aliphatic carboxylic acids is 1. The summed E-state index contributed by atoms with van der Waals surface area (Å²) in [5.41, 5.74) is 0. The third kappa shape index (κ3) is 3.67. The van der Waals surface area contributed by atoms with Crippen LogP contribution in [0.5, 0.6) is 0 Å². The van der Waals surface area contributed by atoms with E-state index >= 15 is 0 Å². The molecule has 0 amide bonds. The van der Waals surface area contributed by atoms with Crippen molar-refractivity contribution in [2.24, 2.45) is 5.92 Å². The summed E-state index contributed by atoms with van der Waals surface area (Å²) >= 11 is 1.96. The highest BCUT2D eigenvalue weighted by molar-refractivity contribution is 7.99. The predicted octanol–water partition coefficient (Wildman–Crippen LogP) is 2.36. The van der Waals surface area contributed by atoms with Crippen LogP contribution in [0, 0.1) is 5.92 Å². The molecule has 0 aromatic carbocycles. The Morgan fingerprint density at radius 3 is 2.69 bits per heavy atom. The van der Waals surface area contributed by atoms with E-state index in [-0.39, 0.29) is 5.92 Å². The second kappa shape index (κ2) is 6.50. The predicted molar refractivity (Wildman–Crippen MR) is 69.0 cm³/mol. The molecule has 0 heterocycles. The van der Waals surface area contributed by atoms with E-state index in [4.69, 9.17) is 5.11 Å². The summed E-state index contributed by atoms with van der Waals surface area (Å²) in [5, 5.41) is 13.1. The van der Waals surface area contributed by atoms with Gasteiger partial charge in [-0.1, -0.05) is 27.2 Å². The minimum absolute atomic E-state index is 0.144. The summed E-state index contributed by atoms with van der Waals surface area (Å²) in [7, 11) is 0. The van der Waals surface area contributed by atoms with Crippen molar-refractivity contribution in [1.29, 1.82) is 0 Å². The van der Waals surface area contributed by atoms with Crippen LogP contribution in [-0.2, 0) is 4.79 Å². The molecule has 2 N–H and O–H groups in total. The molecular formula is C12H23NO2S. The first-order valence-corrected chi connectivity index (χ1v) is 7.21. The zero-order valence-electron chi connectivity index (χ0n) is 10.4. The lowest BCUT2D eigenvalue weighted by atomic mass is 10.0. The van der Waals surface area contributed by atoms with Crippen LogP contribution in [0.3, 0.4) is 0 Å². The molecule has 0 radical (unpaired) electrons. The lowest BCUT2D eigenvalue weighted by Gasteiger charge is -2.26. The third-order valence-electron chi connectivity index (χ3n) is 3.16. The van der Waals surface area contributed by atoms with E-state index in [0.29, 0.717) is 11.3 Å². The normalized spacial score (nSPS) is 27.2. The molecule has 1 aliphatic carbocycles. The van der Waals surface area contributed by atoms with Crippen molar-refractivity contribution in [2.75, 3.05) is 5.75 Å². The Balaban J connectivity index is 2.53. The summed E-state index contributed by atoms with van der Waals surface area (Å²) in [5.74, 6) is 0.537. The number of hydrogen-bond acceptors (Lipinski definition) is 3. The van der Waals surface area contributed by atoms with Crippen molar-refractivity contribution in [3.63, 3.8) is 0 Å². The van der Waals surface area contributed by atoms with E-state index in [9.17, 15) is 4.79 Å². The van der Waals surface area contributed by atoms with Gasteiger partial charge in [0.1, 0.15) is 6.04 Å². The zero-order chi connectivity index (χ0) is 12.1. The maximum Gasteiger partial charge on any atom is 0.320 e. The molecular weight excluding hydrogens is 222 g/mol. The monoisotopic (exact) mass is 245 g/mol. The van der Waals surface area contributed by atoms with Crippen molar-refractivity contribution in [3.05, 3.63) is 0 Å². The highest BCUT2D eigenvalue weighted by Gasteiger charge is 2.32. The van der Waals surface area contributed by atoms with E-state index in [1.165, 1.54) is 12.8 Å². The van der Waals surface area contributed by atoms with Gasteiger partial charge in [-0.15, -0.1) is 0 Å². The molecule has 94 valence electrons. The number of thioether (sulfide) groups is 1. The van der Waals surface area contributed by atoms with Crippen molar-refractivity contribution in [3.8, 4) is 0 Å². The minimum Gasteiger partial charge on any atom is -0.480 e. The van der Waals surface area contributed by atoms with E-state index < -0.39 is 12.0 Å². The summed E-state index contributed by atoms with van der Waals surface area (Å²) in [6.45, 7) is 6.09. The molecule has 1 rings (SSSR count). The maximum atomic E-state index is 11.1. The molecule has 1 fully saturated rings. The topological polar surface area (TPSA) is 49.3 Å². The smallest absolute Gasteiger partial charge is 0.320 e. The van der Waals surface area contributed by atoms with Crippen molar-refractivity contribution >= 4 is 17.7 Å². The molecule has 4 heteroatoms. The molecule has 3 atom stereocenters. The molecule has 0 aliphatic heterocycles. The van der Waals surface area contributed by atoms with Crippen LogP contribution in [-0.4, -0.2) is 34.2 Å². The highest BCUT2D eigenvalue weighted by atomic mass is 32.2. The number of hydrogen-bond donors (Lipinski definition) is 2. The second-order valence-corrected chi connectivity index (χ2v) is 6.27. The molecule has 1 aliphatic rings. The van der Waals surface area contributed by atoms with Crippen molar-refractivity contribution in [1.82, 2.24) is 5.32 Å². The average molecular weight is 245 g/mol. The van der Waals surface area contributed by atoms with Crippen LogP contribution in [0.25, 0.3) is 0 Å². The summed E-state index contributed by atoms with van der Waals surface area (Å²) in [4.78, 5) is 11.1. The average Bonchev–Trinajstić information content (AvgIpc) is 2.61. The molecule has 3 unspecified atom stereocenters. The molecule has 1 saturated carbocycles. The van der Waals surface area contributed by atoms with Crippen LogP contribution in [0.15, 0.2) is 0 Å². The lowest BCUT2D eigenvalue weighted by molar-refractivity contribution is -0.140. The van der Waals surface area contributed by atoms with Crippen molar-refractivity contribution < 1.29 is 9.90 Å². The Hall–Kier alpha value is -0.220. The van der Waals surface area contributed by atoms with Gasteiger partial charge < -0.3 is 10.4 Å². The number of carboxylic acids is 1. The van der Waals surface area contributed by atoms with Gasteiger partial charge in [-0.05, 0) is 24.5 Å². The summed E-state index contributed by atoms with van der Waals surface area (Å²) in [6.07, 6.45) is 3.56. The molecule has 16 heavy (non-hydrogen) atoms. The van der Waals surface area contributed by atoms with Gasteiger partial charge in [-0.25, -0.2) is 0 Å². The van der Waals surface area contributed by atoms with Gasteiger partial charge in [0.15, 0.2) is 0 Å². The zero-order valence-corrected chi connectivity index (χ0v) is 11.2. The standard InChI is InChI=1S/C12H23NO2S/c1-4-16-10-7-5-6-9(10)13-11(8(2)3)12(14)15/h8-11,13H,4-7H2,1-3H3,(H,14,15). The number of nitrogens with one attached hydrogen (secondary N) is 1. The molecule has 0 aromatic heterocycles. The third-order valence-corrected chi connectivity index (χ3v) is 4.49. The molecule has 3 nitrogen and oxygen atoms in total. The Labute approximate surface area is 102 Å². The van der Waals surface area contributed by atoms with Gasteiger partial charge in [0, 0.05) is 11.3 Å². The van der Waals surface area contributed by atoms with Crippen LogP contribution < -0.4 is 5.32 Å². The first-order valence-electron chi connectivity index (χ1n) is 6.16. The summed E-state index contributed by atoms with van der Waals surface area (Å²) in [6, 6.07) is -0.0171. The van der Waals surface area contributed by atoms with E-state index in [2.05, 4.69) is 12.2 Å². The van der Waals surface area contributed by atoms with Gasteiger partial charge in [0.2, 0.25) is 0 Å². The van der Waals surface area contributed by atoms with Gasteiger partial charge in [0.25, 0.3) is 0 Å². The van der Waals surface area contributed by atoms with Crippen LogP contribution >= 0.6 is 11.8 Å². The summed E-state index contributed by atoms with van der Waals surface area (Å²) < 4.78 is 0. The van der Waals surface area contributed by atoms with Gasteiger partial charge in [-0.3, -0.25) is 4.79 Å². The fourth-order valence-electron chi connectivity index (χ4n) is 2.31. The molecule has 0 saturated heterocycles. The Morgan fingerprint density at radius 2 is 2.19 bits per heavy atom. The van der Waals surface area contributed by atoms with Gasteiger partial charge in [0.05, 0.1) is 0 Å². The van der Waals surface area contributed by atoms with Crippen LogP contribution in [0.2, 0.25) is 0 Å². The Kier molecular flexibility index (Phi) is 5.62. The maximum absolute atomic E-state index is 11.1. The Bertz CT molecular complexity index is 233. The van der Waals surface area contributed by atoms with E-state index in [1.54, 1.807) is 0 Å². The van der Waals surface area contributed by atoms with E-state index in [0.717, 1.165) is 12.2 Å².